The van der Waals surface area contributed by atoms with E-state index < -0.39 is 0 Å². The van der Waals surface area contributed by atoms with Gasteiger partial charge in [0.2, 0.25) is 0 Å². The summed E-state index contributed by atoms with van der Waals surface area (Å²) in [7, 11) is 0. The molecular weight excluding hydrogens is 366 g/mol. The first-order valence-electron chi connectivity index (χ1n) is 10.6. The predicted molar refractivity (Wildman–Crippen MR) is 113 cm³/mol. The lowest BCUT2D eigenvalue weighted by molar-refractivity contribution is 0.0364. The van der Waals surface area contributed by atoms with Gasteiger partial charge in [-0.15, -0.1) is 0 Å². The lowest BCUT2D eigenvalue weighted by Gasteiger charge is -2.19. The first-order valence-corrected chi connectivity index (χ1v) is 10.6. The van der Waals surface area contributed by atoms with Crippen LogP contribution in [0.5, 0.6) is 11.5 Å². The molecule has 3 rings (SSSR count). The van der Waals surface area contributed by atoms with Crippen LogP contribution in [0.15, 0.2) is 36.4 Å². The summed E-state index contributed by atoms with van der Waals surface area (Å²) in [6.45, 7) is 9.16. The minimum Gasteiger partial charge on any atom is -0.507 e. The van der Waals surface area contributed by atoms with Crippen molar-refractivity contribution in [3.05, 3.63) is 58.7 Å². The number of benzene rings is 2. The van der Waals surface area contributed by atoms with Crippen molar-refractivity contribution in [3.8, 4) is 11.5 Å². The molecule has 5 nitrogen and oxygen atoms in total. The standard InChI is InChI=1S/C24H31NO4/c1-4-7-11-22-20-13-12-19(14-21(20)24(27)29-22)28-16-18-10-8-9-17(23(18)26)15-25(5-2)6-3/h8-10,12-14,22,26H,4-7,11,15-16H2,1-3H3. The number of carbonyl (C=O) groups excluding carboxylic acids is 1. The minimum absolute atomic E-state index is 0.146. The molecule has 0 aromatic heterocycles. The first kappa shape index (κ1) is 21.2. The van der Waals surface area contributed by atoms with E-state index in [9.17, 15) is 9.90 Å². The van der Waals surface area contributed by atoms with Crippen LogP contribution in [0.3, 0.4) is 0 Å². The maximum absolute atomic E-state index is 12.2. The second-order valence-electron chi connectivity index (χ2n) is 7.46. The van der Waals surface area contributed by atoms with Gasteiger partial charge in [0.25, 0.3) is 0 Å². The van der Waals surface area contributed by atoms with Crippen molar-refractivity contribution in [1.82, 2.24) is 4.90 Å². The van der Waals surface area contributed by atoms with E-state index in [1.165, 1.54) is 0 Å². The highest BCUT2D eigenvalue weighted by atomic mass is 16.5. The van der Waals surface area contributed by atoms with Crippen LogP contribution in [-0.2, 0) is 17.9 Å². The molecule has 2 aromatic rings. The van der Waals surface area contributed by atoms with E-state index in [0.717, 1.165) is 49.0 Å². The van der Waals surface area contributed by atoms with Gasteiger partial charge < -0.3 is 14.6 Å². The van der Waals surface area contributed by atoms with Crippen LogP contribution in [0.2, 0.25) is 0 Å². The SMILES string of the molecule is CCCCC1OC(=O)c2cc(OCc3cccc(CN(CC)CC)c3O)ccc21. The molecule has 29 heavy (non-hydrogen) atoms. The van der Waals surface area contributed by atoms with Crippen molar-refractivity contribution in [2.24, 2.45) is 0 Å². The summed E-state index contributed by atoms with van der Waals surface area (Å²) in [5.41, 5.74) is 3.16. The van der Waals surface area contributed by atoms with Crippen molar-refractivity contribution >= 4 is 5.97 Å². The molecule has 0 aliphatic carbocycles. The maximum Gasteiger partial charge on any atom is 0.339 e. The van der Waals surface area contributed by atoms with Gasteiger partial charge in [-0.1, -0.05) is 51.5 Å². The summed E-state index contributed by atoms with van der Waals surface area (Å²) in [5, 5.41) is 10.6. The smallest absolute Gasteiger partial charge is 0.339 e. The lowest BCUT2D eigenvalue weighted by Crippen LogP contribution is -2.22. The summed E-state index contributed by atoms with van der Waals surface area (Å²) in [4.78, 5) is 14.5. The number of carbonyl (C=O) groups is 1. The third-order valence-corrected chi connectivity index (χ3v) is 5.55. The van der Waals surface area contributed by atoms with Crippen LogP contribution in [-0.4, -0.2) is 29.1 Å². The molecule has 1 aliphatic rings. The predicted octanol–water partition coefficient (Wildman–Crippen LogP) is 5.21. The monoisotopic (exact) mass is 397 g/mol. The molecule has 1 heterocycles. The second-order valence-corrected chi connectivity index (χ2v) is 7.46. The normalized spacial score (nSPS) is 15.4. The fourth-order valence-corrected chi connectivity index (χ4v) is 3.68. The zero-order valence-corrected chi connectivity index (χ0v) is 17.6. The quantitative estimate of drug-likeness (QED) is 0.557. The van der Waals surface area contributed by atoms with Gasteiger partial charge in [-0.3, -0.25) is 4.90 Å². The van der Waals surface area contributed by atoms with Crippen LogP contribution in [0, 0.1) is 0 Å². The topological polar surface area (TPSA) is 59.0 Å². The number of fused-ring (bicyclic) bond motifs is 1. The van der Waals surface area contributed by atoms with Gasteiger partial charge in [-0.05, 0) is 38.1 Å². The molecular formula is C24H31NO4. The Morgan fingerprint density at radius 3 is 2.59 bits per heavy atom. The molecule has 1 aliphatic heterocycles. The number of cyclic esters (lactones) is 1. The molecule has 0 bridgehead atoms. The van der Waals surface area contributed by atoms with Crippen molar-refractivity contribution < 1.29 is 19.4 Å². The highest BCUT2D eigenvalue weighted by Crippen LogP contribution is 2.36. The summed E-state index contributed by atoms with van der Waals surface area (Å²) >= 11 is 0. The summed E-state index contributed by atoms with van der Waals surface area (Å²) < 4.78 is 11.4. The third-order valence-electron chi connectivity index (χ3n) is 5.55. The highest BCUT2D eigenvalue weighted by Gasteiger charge is 2.30. The van der Waals surface area contributed by atoms with Gasteiger partial charge in [0.05, 0.1) is 5.56 Å². The molecule has 5 heteroatoms. The van der Waals surface area contributed by atoms with Gasteiger partial charge in [-0.25, -0.2) is 4.79 Å². The van der Waals surface area contributed by atoms with Gasteiger partial charge in [-0.2, -0.15) is 0 Å². The van der Waals surface area contributed by atoms with E-state index in [1.54, 1.807) is 6.07 Å². The summed E-state index contributed by atoms with van der Waals surface area (Å²) in [6.07, 6.45) is 2.80. The van der Waals surface area contributed by atoms with Gasteiger partial charge in [0.15, 0.2) is 0 Å². The number of aromatic hydroxyl groups is 1. The highest BCUT2D eigenvalue weighted by molar-refractivity contribution is 5.94. The number of nitrogens with zero attached hydrogens (tertiary/aromatic N) is 1. The van der Waals surface area contributed by atoms with Crippen molar-refractivity contribution in [2.75, 3.05) is 13.1 Å². The fraction of sp³-hybridized carbons (Fsp3) is 0.458. The number of para-hydroxylation sites is 1. The van der Waals surface area contributed by atoms with Gasteiger partial charge in [0, 0.05) is 23.2 Å². The molecule has 1 unspecified atom stereocenters. The van der Waals surface area contributed by atoms with E-state index in [2.05, 4.69) is 25.7 Å². The van der Waals surface area contributed by atoms with E-state index in [4.69, 9.17) is 9.47 Å². The molecule has 0 saturated carbocycles. The first-order chi connectivity index (χ1) is 14.1. The molecule has 0 amide bonds. The molecule has 0 spiro atoms. The zero-order chi connectivity index (χ0) is 20.8. The van der Waals surface area contributed by atoms with E-state index in [-0.39, 0.29) is 24.4 Å². The van der Waals surface area contributed by atoms with Crippen molar-refractivity contribution in [3.63, 3.8) is 0 Å². The van der Waals surface area contributed by atoms with Crippen LogP contribution >= 0.6 is 0 Å². The Balaban J connectivity index is 1.70. The Labute approximate surface area is 173 Å². The van der Waals surface area contributed by atoms with E-state index >= 15 is 0 Å². The maximum atomic E-state index is 12.2. The van der Waals surface area contributed by atoms with Crippen LogP contribution in [0.25, 0.3) is 0 Å². The Bertz CT molecular complexity index is 845. The molecule has 0 fully saturated rings. The molecule has 0 saturated heterocycles. The van der Waals surface area contributed by atoms with Crippen LogP contribution in [0.1, 0.15) is 73.2 Å². The van der Waals surface area contributed by atoms with Crippen LogP contribution in [0.4, 0.5) is 0 Å². The Hall–Kier alpha value is -2.53. The Morgan fingerprint density at radius 2 is 1.86 bits per heavy atom. The van der Waals surface area contributed by atoms with Crippen molar-refractivity contribution in [1.29, 1.82) is 0 Å². The lowest BCUT2D eigenvalue weighted by atomic mass is 10.0. The number of hydrogen-bond donors (Lipinski definition) is 1. The number of ether oxygens (including phenoxy) is 2. The molecule has 1 atom stereocenters. The average Bonchev–Trinajstić information content (AvgIpc) is 3.05. The summed E-state index contributed by atoms with van der Waals surface area (Å²) in [5.74, 6) is 0.598. The Morgan fingerprint density at radius 1 is 1.10 bits per heavy atom. The molecule has 2 aromatic carbocycles. The Kier molecular flexibility index (Phi) is 7.15. The van der Waals surface area contributed by atoms with E-state index in [0.29, 0.717) is 17.9 Å². The third kappa shape index (κ3) is 4.91. The number of esters is 1. The van der Waals surface area contributed by atoms with Crippen molar-refractivity contribution in [2.45, 2.75) is 59.3 Å². The van der Waals surface area contributed by atoms with E-state index in [1.807, 2.05) is 30.3 Å². The summed E-state index contributed by atoms with van der Waals surface area (Å²) in [6, 6.07) is 11.3. The fourth-order valence-electron chi connectivity index (χ4n) is 3.68. The second kappa shape index (κ2) is 9.79. The number of rotatable bonds is 10. The van der Waals surface area contributed by atoms with Gasteiger partial charge in [0.1, 0.15) is 24.2 Å². The minimum atomic E-state index is -0.282. The number of phenols is 1. The number of hydrogen-bond acceptors (Lipinski definition) is 5. The zero-order valence-electron chi connectivity index (χ0n) is 17.6. The van der Waals surface area contributed by atoms with Crippen LogP contribution < -0.4 is 4.74 Å². The largest absolute Gasteiger partial charge is 0.507 e. The molecule has 1 N–H and O–H groups in total. The average molecular weight is 398 g/mol. The number of phenolic OH excluding ortho intramolecular Hbond substituents is 1. The van der Waals surface area contributed by atoms with Gasteiger partial charge >= 0.3 is 5.97 Å². The molecule has 0 radical (unpaired) electrons. The molecule has 156 valence electrons. The number of unbranched alkanes of at least 4 members (excludes halogenated alkanes) is 1.